The molecular formula is C23H34FN3O2. The van der Waals surface area contributed by atoms with E-state index in [0.717, 1.165) is 12.0 Å². The molecule has 0 saturated heterocycles. The van der Waals surface area contributed by atoms with Gasteiger partial charge in [-0.15, -0.1) is 0 Å². The molecule has 1 atom stereocenters. The number of amides is 1. The van der Waals surface area contributed by atoms with E-state index in [-0.39, 0.29) is 12.5 Å². The second-order valence-corrected chi connectivity index (χ2v) is 7.91. The average molecular weight is 404 g/mol. The van der Waals surface area contributed by atoms with Gasteiger partial charge in [-0.05, 0) is 51.2 Å². The largest absolute Gasteiger partial charge is 0.396 e. The molecule has 0 fully saturated rings. The van der Waals surface area contributed by atoms with Gasteiger partial charge in [0.15, 0.2) is 0 Å². The predicted octanol–water partition coefficient (Wildman–Crippen LogP) is 4.78. The Balaban J connectivity index is 2.54. The maximum absolute atomic E-state index is 13.9. The summed E-state index contributed by atoms with van der Waals surface area (Å²) in [4.78, 5) is 19.8. The van der Waals surface area contributed by atoms with Gasteiger partial charge in [0.1, 0.15) is 17.7 Å². The van der Waals surface area contributed by atoms with E-state index in [1.54, 1.807) is 11.0 Å². The van der Waals surface area contributed by atoms with Crippen molar-refractivity contribution in [2.24, 2.45) is 5.92 Å². The van der Waals surface area contributed by atoms with Crippen molar-refractivity contribution >= 4 is 5.91 Å². The highest BCUT2D eigenvalue weighted by molar-refractivity contribution is 5.94. The molecule has 0 saturated carbocycles. The lowest BCUT2D eigenvalue weighted by Crippen LogP contribution is -2.34. The van der Waals surface area contributed by atoms with Gasteiger partial charge in [0, 0.05) is 31.8 Å². The first kappa shape index (κ1) is 23.1. The number of halogens is 1. The van der Waals surface area contributed by atoms with Crippen LogP contribution in [0.2, 0.25) is 0 Å². The van der Waals surface area contributed by atoms with Crippen LogP contribution in [0.3, 0.4) is 0 Å². The molecule has 160 valence electrons. The van der Waals surface area contributed by atoms with Crippen LogP contribution in [-0.2, 0) is 6.54 Å². The fourth-order valence-corrected chi connectivity index (χ4v) is 3.41. The van der Waals surface area contributed by atoms with Crippen molar-refractivity contribution in [3.8, 4) is 11.4 Å². The van der Waals surface area contributed by atoms with Crippen LogP contribution in [0.5, 0.6) is 0 Å². The Bertz CT molecular complexity index is 814. The third kappa shape index (κ3) is 5.66. The van der Waals surface area contributed by atoms with Crippen molar-refractivity contribution in [2.75, 3.05) is 19.7 Å². The number of benzene rings is 1. The number of nitrogens with zero attached hydrogens (tertiary/aromatic N) is 3. The van der Waals surface area contributed by atoms with Crippen LogP contribution in [0, 0.1) is 12.8 Å². The summed E-state index contributed by atoms with van der Waals surface area (Å²) in [6.45, 7) is 11.4. The van der Waals surface area contributed by atoms with Crippen LogP contribution in [0.25, 0.3) is 11.4 Å². The minimum atomic E-state index is -1.06. The number of rotatable bonds is 10. The molecule has 1 aromatic carbocycles. The Morgan fingerprint density at radius 1 is 1.31 bits per heavy atom. The number of aliphatic hydroxyl groups excluding tert-OH is 1. The van der Waals surface area contributed by atoms with Crippen LogP contribution in [0.4, 0.5) is 4.39 Å². The highest BCUT2D eigenvalue weighted by atomic mass is 19.1. The lowest BCUT2D eigenvalue weighted by Gasteiger charge is -2.22. The van der Waals surface area contributed by atoms with Gasteiger partial charge in [0.05, 0.1) is 5.69 Å². The van der Waals surface area contributed by atoms with Crippen LogP contribution >= 0.6 is 0 Å². The lowest BCUT2D eigenvalue weighted by molar-refractivity contribution is 0.0742. The van der Waals surface area contributed by atoms with E-state index < -0.39 is 6.17 Å². The number of hydrogen-bond acceptors (Lipinski definition) is 3. The van der Waals surface area contributed by atoms with Crippen LogP contribution in [-0.4, -0.2) is 45.2 Å². The smallest absolute Gasteiger partial charge is 0.272 e. The summed E-state index contributed by atoms with van der Waals surface area (Å²) in [6.07, 6.45) is 0.387. The van der Waals surface area contributed by atoms with E-state index in [1.807, 2.05) is 36.6 Å². The summed E-state index contributed by atoms with van der Waals surface area (Å²) in [7, 11) is 0. The quantitative estimate of drug-likeness (QED) is 0.621. The van der Waals surface area contributed by atoms with Gasteiger partial charge in [-0.25, -0.2) is 9.37 Å². The molecule has 2 aromatic rings. The zero-order valence-corrected chi connectivity index (χ0v) is 18.3. The molecule has 0 aliphatic rings. The summed E-state index contributed by atoms with van der Waals surface area (Å²) in [5.74, 6) is 1.10. The molecule has 5 nitrogen and oxygen atoms in total. The van der Waals surface area contributed by atoms with E-state index in [9.17, 15) is 9.18 Å². The first-order valence-electron chi connectivity index (χ1n) is 10.5. The minimum Gasteiger partial charge on any atom is -0.396 e. The Hall–Kier alpha value is -2.21. The summed E-state index contributed by atoms with van der Waals surface area (Å²) in [5.41, 5.74) is 2.68. The number of aliphatic hydroxyl groups is 1. The number of imidazole rings is 1. The molecule has 1 unspecified atom stereocenters. The van der Waals surface area contributed by atoms with E-state index >= 15 is 0 Å². The van der Waals surface area contributed by atoms with Gasteiger partial charge < -0.3 is 14.6 Å². The molecule has 0 aliphatic carbocycles. The molecule has 0 spiro atoms. The van der Waals surface area contributed by atoms with E-state index in [4.69, 9.17) is 10.1 Å². The number of carbonyl (C=O) groups is 1. The molecule has 1 aromatic heterocycles. The number of aryl methyl sites for hydroxylation is 1. The van der Waals surface area contributed by atoms with Crippen molar-refractivity contribution in [2.45, 2.75) is 60.2 Å². The number of aromatic nitrogens is 2. The van der Waals surface area contributed by atoms with E-state index in [1.165, 1.54) is 6.92 Å². The van der Waals surface area contributed by atoms with Gasteiger partial charge in [-0.3, -0.25) is 4.79 Å². The highest BCUT2D eigenvalue weighted by Crippen LogP contribution is 2.28. The maximum atomic E-state index is 13.9. The van der Waals surface area contributed by atoms with Crippen LogP contribution < -0.4 is 0 Å². The summed E-state index contributed by atoms with van der Waals surface area (Å²) in [6, 6.07) is 7.33. The predicted molar refractivity (Wildman–Crippen MR) is 115 cm³/mol. The zero-order valence-electron chi connectivity index (χ0n) is 18.3. The average Bonchev–Trinajstić information content (AvgIpc) is 3.02. The molecule has 0 radical (unpaired) electrons. The second kappa shape index (κ2) is 10.5. The molecule has 2 rings (SSSR count). The van der Waals surface area contributed by atoms with Crippen LogP contribution in [0.15, 0.2) is 24.3 Å². The second-order valence-electron chi connectivity index (χ2n) is 7.91. The standard InChI is InChI=1S/C23H34FN3O2/c1-6-26(12-8-14-28)23(29)21-18(5)25-22(27(21)13-11-16(2)3)20-10-7-9-19(15-20)17(4)24/h7,9-10,15-17,28H,6,8,11-14H2,1-5H3. The van der Waals surface area contributed by atoms with Crippen molar-refractivity contribution in [1.29, 1.82) is 0 Å². The monoisotopic (exact) mass is 403 g/mol. The third-order valence-corrected chi connectivity index (χ3v) is 5.13. The molecule has 0 aliphatic heterocycles. The Kier molecular flexibility index (Phi) is 8.38. The van der Waals surface area contributed by atoms with Crippen molar-refractivity contribution < 1.29 is 14.3 Å². The zero-order chi connectivity index (χ0) is 21.6. The van der Waals surface area contributed by atoms with Gasteiger partial charge >= 0.3 is 0 Å². The molecular weight excluding hydrogens is 369 g/mol. The van der Waals surface area contributed by atoms with Gasteiger partial charge in [0.2, 0.25) is 0 Å². The minimum absolute atomic E-state index is 0.0504. The van der Waals surface area contributed by atoms with Crippen molar-refractivity contribution in [1.82, 2.24) is 14.5 Å². The maximum Gasteiger partial charge on any atom is 0.272 e. The first-order chi connectivity index (χ1) is 13.8. The molecule has 6 heteroatoms. The molecule has 0 bridgehead atoms. The third-order valence-electron chi connectivity index (χ3n) is 5.13. The summed E-state index contributed by atoms with van der Waals surface area (Å²) < 4.78 is 15.8. The molecule has 1 heterocycles. The fourth-order valence-electron chi connectivity index (χ4n) is 3.41. The number of carbonyl (C=O) groups excluding carboxylic acids is 1. The molecule has 1 amide bonds. The lowest BCUT2D eigenvalue weighted by atomic mass is 10.1. The fraction of sp³-hybridized carbons (Fsp3) is 0.565. The van der Waals surface area contributed by atoms with Crippen LogP contribution in [0.1, 0.15) is 68.5 Å². The topological polar surface area (TPSA) is 58.4 Å². The van der Waals surface area contributed by atoms with Crippen molar-refractivity contribution in [3.05, 3.63) is 41.2 Å². The van der Waals surface area contributed by atoms with E-state index in [2.05, 4.69) is 13.8 Å². The van der Waals surface area contributed by atoms with Gasteiger partial charge in [-0.2, -0.15) is 0 Å². The van der Waals surface area contributed by atoms with Gasteiger partial charge in [0.25, 0.3) is 5.91 Å². The summed E-state index contributed by atoms with van der Waals surface area (Å²) in [5, 5.41) is 9.15. The van der Waals surface area contributed by atoms with Gasteiger partial charge in [-0.1, -0.05) is 32.0 Å². The van der Waals surface area contributed by atoms with E-state index in [0.29, 0.717) is 54.7 Å². The van der Waals surface area contributed by atoms with Crippen molar-refractivity contribution in [3.63, 3.8) is 0 Å². The Labute approximate surface area is 173 Å². The normalized spacial score (nSPS) is 12.4. The highest BCUT2D eigenvalue weighted by Gasteiger charge is 2.25. The summed E-state index contributed by atoms with van der Waals surface area (Å²) >= 11 is 0. The Morgan fingerprint density at radius 2 is 2.03 bits per heavy atom. The number of hydrogen-bond donors (Lipinski definition) is 1. The Morgan fingerprint density at radius 3 is 2.62 bits per heavy atom. The SMILES string of the molecule is CCN(CCCO)C(=O)c1c(C)nc(-c2cccc(C(C)F)c2)n1CCC(C)C. The number of alkyl halides is 1. The molecule has 29 heavy (non-hydrogen) atoms. The molecule has 1 N–H and O–H groups in total. The first-order valence-corrected chi connectivity index (χ1v) is 10.5.